The van der Waals surface area contributed by atoms with Gasteiger partial charge in [0.15, 0.2) is 0 Å². The van der Waals surface area contributed by atoms with Gasteiger partial charge in [-0.05, 0) is 17.2 Å². The van der Waals surface area contributed by atoms with E-state index >= 15 is 0 Å². The van der Waals surface area contributed by atoms with Crippen LogP contribution in [-0.2, 0) is 0 Å². The average Bonchev–Trinajstić information content (AvgIpc) is 1.67. The van der Waals surface area contributed by atoms with Crippen LogP contribution >= 0.6 is 47.0 Å². The molecule has 0 aromatic rings. The van der Waals surface area contributed by atoms with Crippen LogP contribution in [0.15, 0.2) is 15.6 Å². The van der Waals surface area contributed by atoms with E-state index in [2.05, 4.69) is 17.2 Å². The van der Waals surface area contributed by atoms with Crippen molar-refractivity contribution >= 4 is 52.0 Å². The van der Waals surface area contributed by atoms with Crippen LogP contribution < -0.4 is 0 Å². The predicted molar refractivity (Wildman–Crippen MR) is 41.8 cm³/mol. The van der Waals surface area contributed by atoms with E-state index < -0.39 is 0 Å². The Kier molecular flexibility index (Phi) is 4.63. The van der Waals surface area contributed by atoms with Crippen molar-refractivity contribution < 1.29 is 0 Å². The zero-order valence-corrected chi connectivity index (χ0v) is 6.70. The van der Waals surface area contributed by atoms with Crippen molar-refractivity contribution in [1.29, 1.82) is 0 Å². The third kappa shape index (κ3) is 3.48. The molecule has 4 heteroatoms. The second kappa shape index (κ2) is 4.37. The second-order valence-corrected chi connectivity index (χ2v) is 2.46. The van der Waals surface area contributed by atoms with Gasteiger partial charge in [0.1, 0.15) is 4.49 Å². The highest BCUT2D eigenvalue weighted by Gasteiger charge is 1.89. The molecule has 0 aliphatic carbocycles. The maximum Gasteiger partial charge on any atom is 0.126 e. The summed E-state index contributed by atoms with van der Waals surface area (Å²) in [6.07, 6.45) is 1.31. The van der Waals surface area contributed by atoms with Gasteiger partial charge in [-0.2, -0.15) is 0 Å². The SMILES string of the molecule is S=C=CC(Cl)=C(Cl)Cl. The lowest BCUT2D eigenvalue weighted by molar-refractivity contribution is 2.00. The van der Waals surface area contributed by atoms with Crippen molar-refractivity contribution in [2.45, 2.75) is 0 Å². The first-order valence-electron chi connectivity index (χ1n) is 1.60. The molecule has 0 saturated heterocycles. The van der Waals surface area contributed by atoms with Gasteiger partial charge in [-0.3, -0.25) is 0 Å². The van der Waals surface area contributed by atoms with Crippen LogP contribution in [-0.4, -0.2) is 5.02 Å². The fourth-order valence-corrected chi connectivity index (χ4v) is 0.452. The number of thiocarbonyl (C=S) groups is 1. The molecule has 44 valence electrons. The number of hydrogen-bond acceptors (Lipinski definition) is 1. The Hall–Kier alpha value is 0.480. The highest BCUT2D eigenvalue weighted by atomic mass is 35.5. The normalized spacial score (nSPS) is 7.38. The highest BCUT2D eigenvalue weighted by Crippen LogP contribution is 2.17. The molecule has 0 aromatic carbocycles. The molecule has 0 saturated carbocycles. The molecule has 0 aromatic heterocycles. The summed E-state index contributed by atoms with van der Waals surface area (Å²) in [5.74, 6) is 0. The minimum Gasteiger partial charge on any atom is -0.0810 e. The largest absolute Gasteiger partial charge is 0.126 e. The summed E-state index contributed by atoms with van der Waals surface area (Å²) in [7, 11) is 0. The van der Waals surface area contributed by atoms with Gasteiger partial charge < -0.3 is 0 Å². The molecule has 0 aliphatic heterocycles. The van der Waals surface area contributed by atoms with Crippen molar-refractivity contribution in [1.82, 2.24) is 0 Å². The zero-order chi connectivity index (χ0) is 6.57. The van der Waals surface area contributed by atoms with E-state index in [-0.39, 0.29) is 9.52 Å². The fraction of sp³-hybridized carbons (Fsp3) is 0. The van der Waals surface area contributed by atoms with Crippen LogP contribution in [0.4, 0.5) is 0 Å². The molecule has 0 amide bonds. The van der Waals surface area contributed by atoms with E-state index in [0.29, 0.717) is 0 Å². The molecular formula is C4HCl3S. The van der Waals surface area contributed by atoms with Gasteiger partial charge in [0, 0.05) is 6.08 Å². The van der Waals surface area contributed by atoms with Gasteiger partial charge in [-0.25, -0.2) is 0 Å². The maximum absolute atomic E-state index is 5.35. The summed E-state index contributed by atoms with van der Waals surface area (Å²) < 4.78 is 0.00372. The van der Waals surface area contributed by atoms with E-state index in [1.165, 1.54) is 6.08 Å². The van der Waals surface area contributed by atoms with Crippen molar-refractivity contribution in [2.24, 2.45) is 0 Å². The van der Waals surface area contributed by atoms with E-state index in [1.54, 1.807) is 0 Å². The highest BCUT2D eigenvalue weighted by molar-refractivity contribution is 7.78. The van der Waals surface area contributed by atoms with E-state index in [9.17, 15) is 0 Å². The first-order chi connectivity index (χ1) is 3.68. The molecule has 0 heterocycles. The Morgan fingerprint density at radius 2 is 1.88 bits per heavy atom. The van der Waals surface area contributed by atoms with Gasteiger partial charge >= 0.3 is 0 Å². The smallest absolute Gasteiger partial charge is 0.0810 e. The monoisotopic (exact) mass is 186 g/mol. The Morgan fingerprint density at radius 3 is 2.00 bits per heavy atom. The lowest BCUT2D eigenvalue weighted by Crippen LogP contribution is -1.61. The van der Waals surface area contributed by atoms with Crippen molar-refractivity contribution in [3.63, 3.8) is 0 Å². The molecule has 0 bridgehead atoms. The summed E-state index contributed by atoms with van der Waals surface area (Å²) in [5.41, 5.74) is 0. The van der Waals surface area contributed by atoms with Gasteiger partial charge in [-0.1, -0.05) is 34.8 Å². The summed E-state index contributed by atoms with van der Waals surface area (Å²) in [6, 6.07) is 0. The molecule has 0 unspecified atom stereocenters. The Balaban J connectivity index is 4.22. The topological polar surface area (TPSA) is 0 Å². The minimum absolute atomic E-state index is 0.00372. The van der Waals surface area contributed by atoms with Crippen LogP contribution in [0.5, 0.6) is 0 Å². The minimum atomic E-state index is 0.00372. The maximum atomic E-state index is 5.35. The quantitative estimate of drug-likeness (QED) is 0.449. The fourth-order valence-electron chi connectivity index (χ4n) is 0.106. The van der Waals surface area contributed by atoms with Crippen molar-refractivity contribution in [3.8, 4) is 0 Å². The third-order valence-electron chi connectivity index (χ3n) is 0.366. The van der Waals surface area contributed by atoms with Crippen molar-refractivity contribution in [3.05, 3.63) is 15.6 Å². The molecular weight excluding hydrogens is 186 g/mol. The first-order valence-corrected chi connectivity index (χ1v) is 3.14. The van der Waals surface area contributed by atoms with Crippen LogP contribution in [0.3, 0.4) is 0 Å². The zero-order valence-electron chi connectivity index (χ0n) is 3.62. The summed E-state index contributed by atoms with van der Waals surface area (Å²) >= 11 is 20.1. The number of rotatable bonds is 1. The van der Waals surface area contributed by atoms with Crippen LogP contribution in [0, 0.1) is 0 Å². The number of hydrogen-bond donors (Lipinski definition) is 0. The molecule has 0 aliphatic rings. The number of allylic oxidation sites excluding steroid dienone is 2. The summed E-state index contributed by atoms with van der Waals surface area (Å²) in [6.45, 7) is 0. The number of halogens is 3. The molecule has 0 atom stereocenters. The molecule has 0 N–H and O–H groups in total. The van der Waals surface area contributed by atoms with Gasteiger partial charge in [-0.15, -0.1) is 0 Å². The van der Waals surface area contributed by atoms with E-state index in [4.69, 9.17) is 34.8 Å². The van der Waals surface area contributed by atoms with E-state index in [0.717, 1.165) is 0 Å². The Bertz CT molecular complexity index is 151. The lowest BCUT2D eigenvalue weighted by Gasteiger charge is -1.81. The lowest BCUT2D eigenvalue weighted by atomic mass is 10.6. The molecule has 8 heavy (non-hydrogen) atoms. The molecule has 0 nitrogen and oxygen atoms in total. The summed E-state index contributed by atoms with van der Waals surface area (Å²) in [5, 5.41) is 2.46. The molecule has 0 fully saturated rings. The Labute approximate surface area is 67.7 Å². The van der Waals surface area contributed by atoms with Gasteiger partial charge in [0.05, 0.1) is 5.03 Å². The van der Waals surface area contributed by atoms with Crippen LogP contribution in [0.1, 0.15) is 0 Å². The van der Waals surface area contributed by atoms with Gasteiger partial charge in [0.2, 0.25) is 0 Å². The molecule has 0 spiro atoms. The standard InChI is InChI=1S/C4HCl3S/c5-3(1-2-8)4(6)7/h1H. The second-order valence-electron chi connectivity index (χ2n) is 0.871. The Morgan fingerprint density at radius 1 is 1.38 bits per heavy atom. The predicted octanol–water partition coefficient (Wildman–Crippen LogP) is 3.03. The third-order valence-corrected chi connectivity index (χ3v) is 1.38. The van der Waals surface area contributed by atoms with E-state index in [1.807, 2.05) is 0 Å². The summed E-state index contributed by atoms with van der Waals surface area (Å²) in [4.78, 5) is 0. The molecule has 0 rings (SSSR count). The first kappa shape index (κ1) is 8.48. The van der Waals surface area contributed by atoms with Crippen LogP contribution in [0.2, 0.25) is 0 Å². The molecule has 0 radical (unpaired) electrons. The average molecular weight is 187 g/mol. The van der Waals surface area contributed by atoms with Gasteiger partial charge in [0.25, 0.3) is 0 Å². The van der Waals surface area contributed by atoms with Crippen molar-refractivity contribution in [2.75, 3.05) is 0 Å². The van der Waals surface area contributed by atoms with Crippen LogP contribution in [0.25, 0.3) is 0 Å².